The summed E-state index contributed by atoms with van der Waals surface area (Å²) >= 11 is 1.80. The zero-order valence-corrected chi connectivity index (χ0v) is 13.2. The average Bonchev–Trinajstić information content (AvgIpc) is 2.54. The third-order valence-corrected chi connectivity index (χ3v) is 4.69. The lowest BCUT2D eigenvalue weighted by Gasteiger charge is -2.19. The van der Waals surface area contributed by atoms with E-state index in [-0.39, 0.29) is 0 Å². The molecule has 0 spiro atoms. The van der Waals surface area contributed by atoms with Gasteiger partial charge in [0.05, 0.1) is 5.75 Å². The molecule has 0 saturated heterocycles. The minimum Gasteiger partial charge on any atom is -0.370 e. The van der Waals surface area contributed by atoms with E-state index in [4.69, 9.17) is 9.97 Å². The Bertz CT molecular complexity index is 598. The predicted octanol–water partition coefficient (Wildman–Crippen LogP) is 4.08. The van der Waals surface area contributed by atoms with Crippen molar-refractivity contribution in [3.8, 4) is 0 Å². The number of fused-ring (bicyclic) bond motifs is 1. The molecule has 3 nitrogen and oxygen atoms in total. The van der Waals surface area contributed by atoms with Crippen molar-refractivity contribution in [3.63, 3.8) is 0 Å². The third-order valence-electron chi connectivity index (χ3n) is 3.68. The number of nitrogens with one attached hydrogen (secondary N) is 1. The monoisotopic (exact) mass is 299 g/mol. The molecule has 21 heavy (non-hydrogen) atoms. The summed E-state index contributed by atoms with van der Waals surface area (Å²) in [6.07, 6.45) is 4.72. The first-order chi connectivity index (χ1) is 10.4. The van der Waals surface area contributed by atoms with Crippen LogP contribution in [0.15, 0.2) is 35.2 Å². The van der Waals surface area contributed by atoms with Crippen LogP contribution in [0.5, 0.6) is 0 Å². The van der Waals surface area contributed by atoms with Crippen LogP contribution in [0, 0.1) is 0 Å². The molecule has 1 aliphatic rings. The third kappa shape index (κ3) is 3.56. The number of aromatic nitrogens is 2. The second-order valence-corrected chi connectivity index (χ2v) is 6.30. The van der Waals surface area contributed by atoms with Gasteiger partial charge in [0.2, 0.25) is 0 Å². The van der Waals surface area contributed by atoms with Crippen LogP contribution < -0.4 is 5.32 Å². The quantitative estimate of drug-likeness (QED) is 0.844. The van der Waals surface area contributed by atoms with Crippen molar-refractivity contribution in [2.45, 2.75) is 43.3 Å². The summed E-state index contributed by atoms with van der Waals surface area (Å²) in [7, 11) is 0. The zero-order chi connectivity index (χ0) is 14.5. The number of thioether (sulfide) groups is 1. The maximum atomic E-state index is 4.80. The number of hydrogen-bond acceptors (Lipinski definition) is 4. The fourth-order valence-corrected chi connectivity index (χ4v) is 3.46. The van der Waals surface area contributed by atoms with Gasteiger partial charge in [0.1, 0.15) is 11.6 Å². The van der Waals surface area contributed by atoms with Crippen molar-refractivity contribution in [1.29, 1.82) is 0 Å². The summed E-state index contributed by atoms with van der Waals surface area (Å²) in [5.41, 5.74) is 2.60. The maximum Gasteiger partial charge on any atom is 0.141 e. The summed E-state index contributed by atoms with van der Waals surface area (Å²) in [5, 5.41) is 3.41. The van der Waals surface area contributed by atoms with E-state index in [0.717, 1.165) is 36.8 Å². The number of anilines is 1. The van der Waals surface area contributed by atoms with Crippen molar-refractivity contribution in [2.24, 2.45) is 0 Å². The molecule has 4 heteroatoms. The molecule has 2 aromatic rings. The molecule has 0 radical (unpaired) electrons. The van der Waals surface area contributed by atoms with Crippen LogP contribution in [0.4, 0.5) is 5.82 Å². The van der Waals surface area contributed by atoms with E-state index in [1.807, 2.05) is 6.07 Å². The fraction of sp³-hybridized carbons (Fsp3) is 0.412. The molecule has 0 unspecified atom stereocenters. The van der Waals surface area contributed by atoms with Gasteiger partial charge in [-0.25, -0.2) is 9.97 Å². The number of benzene rings is 1. The normalized spacial score (nSPS) is 13.8. The Kier molecular flexibility index (Phi) is 4.76. The van der Waals surface area contributed by atoms with Crippen molar-refractivity contribution in [1.82, 2.24) is 9.97 Å². The van der Waals surface area contributed by atoms with Gasteiger partial charge in [-0.1, -0.05) is 18.2 Å². The smallest absolute Gasteiger partial charge is 0.141 e. The van der Waals surface area contributed by atoms with Gasteiger partial charge in [0.25, 0.3) is 0 Å². The molecule has 1 heterocycles. The van der Waals surface area contributed by atoms with Gasteiger partial charge < -0.3 is 5.32 Å². The molecule has 0 amide bonds. The lowest BCUT2D eigenvalue weighted by molar-refractivity contribution is 0.659. The Morgan fingerprint density at radius 3 is 2.71 bits per heavy atom. The first kappa shape index (κ1) is 14.4. The summed E-state index contributed by atoms with van der Waals surface area (Å²) < 4.78 is 0. The number of rotatable bonds is 5. The van der Waals surface area contributed by atoms with Crippen molar-refractivity contribution < 1.29 is 0 Å². The van der Waals surface area contributed by atoms with Gasteiger partial charge in [0.15, 0.2) is 0 Å². The zero-order valence-electron chi connectivity index (χ0n) is 12.4. The Hall–Kier alpha value is -1.55. The molecule has 0 aliphatic heterocycles. The molecule has 1 aromatic carbocycles. The summed E-state index contributed by atoms with van der Waals surface area (Å²) in [6, 6.07) is 10.4. The molecular weight excluding hydrogens is 278 g/mol. The highest BCUT2D eigenvalue weighted by molar-refractivity contribution is 7.98. The molecule has 1 aliphatic carbocycles. The lowest BCUT2D eigenvalue weighted by Crippen LogP contribution is -2.14. The van der Waals surface area contributed by atoms with Gasteiger partial charge >= 0.3 is 0 Å². The molecule has 0 bridgehead atoms. The molecule has 0 saturated carbocycles. The van der Waals surface area contributed by atoms with Gasteiger partial charge in [-0.2, -0.15) is 0 Å². The number of nitrogens with zero attached hydrogens (tertiary/aromatic N) is 2. The van der Waals surface area contributed by atoms with Crippen molar-refractivity contribution >= 4 is 17.6 Å². The highest BCUT2D eigenvalue weighted by atomic mass is 32.2. The van der Waals surface area contributed by atoms with Crippen LogP contribution in [0.3, 0.4) is 0 Å². The summed E-state index contributed by atoms with van der Waals surface area (Å²) in [4.78, 5) is 10.8. The van der Waals surface area contributed by atoms with Crippen molar-refractivity contribution in [2.75, 3.05) is 11.9 Å². The van der Waals surface area contributed by atoms with Crippen LogP contribution in [0.25, 0.3) is 0 Å². The van der Waals surface area contributed by atoms with Gasteiger partial charge in [-0.15, -0.1) is 11.8 Å². The topological polar surface area (TPSA) is 37.8 Å². The van der Waals surface area contributed by atoms with E-state index < -0.39 is 0 Å². The highest BCUT2D eigenvalue weighted by Gasteiger charge is 2.17. The van der Waals surface area contributed by atoms with E-state index >= 15 is 0 Å². The highest BCUT2D eigenvalue weighted by Crippen LogP contribution is 2.27. The first-order valence-corrected chi connectivity index (χ1v) is 8.65. The first-order valence-electron chi connectivity index (χ1n) is 7.67. The van der Waals surface area contributed by atoms with Crippen LogP contribution in [0.2, 0.25) is 0 Å². The Morgan fingerprint density at radius 2 is 1.90 bits per heavy atom. The van der Waals surface area contributed by atoms with E-state index in [9.17, 15) is 0 Å². The maximum absolute atomic E-state index is 4.80. The second kappa shape index (κ2) is 6.94. The Morgan fingerprint density at radius 1 is 1.10 bits per heavy atom. The van der Waals surface area contributed by atoms with Gasteiger partial charge in [0, 0.05) is 22.7 Å². The standard InChI is InChI=1S/C17H21N3S/c1-2-18-17-14-10-6-7-11-15(14)19-16(20-17)12-21-13-8-4-3-5-9-13/h3-5,8-9H,2,6-7,10-12H2,1H3,(H,18,19,20). The second-order valence-electron chi connectivity index (χ2n) is 5.25. The Balaban J connectivity index is 1.80. The molecule has 110 valence electrons. The SMILES string of the molecule is CCNc1nc(CSc2ccccc2)nc2c1CCCC2. The molecule has 0 atom stereocenters. The van der Waals surface area contributed by atoms with Crippen molar-refractivity contribution in [3.05, 3.63) is 47.4 Å². The molecular formula is C17H21N3S. The number of aryl methyl sites for hydroxylation is 1. The summed E-state index contributed by atoms with van der Waals surface area (Å²) in [5.74, 6) is 2.83. The van der Waals surface area contributed by atoms with Crippen LogP contribution >= 0.6 is 11.8 Å². The minimum atomic E-state index is 0.829. The van der Waals surface area contributed by atoms with E-state index in [1.54, 1.807) is 11.8 Å². The predicted molar refractivity (Wildman–Crippen MR) is 88.8 cm³/mol. The number of hydrogen-bond donors (Lipinski definition) is 1. The molecule has 1 N–H and O–H groups in total. The average molecular weight is 299 g/mol. The van der Waals surface area contributed by atoms with Crippen LogP contribution in [0.1, 0.15) is 36.8 Å². The van der Waals surface area contributed by atoms with Crippen LogP contribution in [-0.4, -0.2) is 16.5 Å². The molecule has 0 fully saturated rings. The lowest BCUT2D eigenvalue weighted by atomic mass is 9.96. The Labute approximate surface area is 130 Å². The molecule has 1 aromatic heterocycles. The fourth-order valence-electron chi connectivity index (χ4n) is 2.69. The molecule has 3 rings (SSSR count). The van der Waals surface area contributed by atoms with Crippen LogP contribution in [-0.2, 0) is 18.6 Å². The van der Waals surface area contributed by atoms with Gasteiger partial charge in [-0.05, 0) is 44.7 Å². The van der Waals surface area contributed by atoms with Gasteiger partial charge in [-0.3, -0.25) is 0 Å². The largest absolute Gasteiger partial charge is 0.370 e. The van der Waals surface area contributed by atoms with E-state index in [1.165, 1.54) is 29.0 Å². The summed E-state index contributed by atoms with van der Waals surface area (Å²) in [6.45, 7) is 3.03. The minimum absolute atomic E-state index is 0.829. The van der Waals surface area contributed by atoms with E-state index in [2.05, 4.69) is 36.5 Å². The van der Waals surface area contributed by atoms with E-state index in [0.29, 0.717) is 0 Å².